The van der Waals surface area contributed by atoms with E-state index >= 15 is 0 Å². The van der Waals surface area contributed by atoms with Crippen molar-refractivity contribution in [3.05, 3.63) is 28.8 Å². The molecule has 0 aliphatic rings. The molecule has 3 nitrogen and oxygen atoms in total. The molecule has 4 heteroatoms. The van der Waals surface area contributed by atoms with E-state index in [9.17, 15) is 5.11 Å². The number of aliphatic hydroxyl groups is 1. The average molecular weight is 299 g/mol. The van der Waals surface area contributed by atoms with Gasteiger partial charge in [-0.3, -0.25) is 0 Å². The fraction of sp³-hybridized carbons (Fsp3) is 0.625. The molecule has 1 rings (SSSR count). The van der Waals surface area contributed by atoms with Crippen molar-refractivity contribution in [2.75, 3.05) is 24.6 Å². The molecule has 0 aliphatic carbocycles. The number of hydrogen-bond acceptors (Lipinski definition) is 3. The van der Waals surface area contributed by atoms with Crippen LogP contribution in [0, 0.1) is 0 Å². The maximum Gasteiger partial charge on any atom is 0.0606 e. The SMILES string of the molecule is CCCCN(CCO)c1cc(Cl)ccc1CNC(C)C. The number of hydrogen-bond donors (Lipinski definition) is 2. The lowest BCUT2D eigenvalue weighted by Gasteiger charge is -2.27. The zero-order chi connectivity index (χ0) is 15.0. The smallest absolute Gasteiger partial charge is 0.0606 e. The molecular weight excluding hydrogens is 272 g/mol. The molecule has 2 N–H and O–H groups in total. The summed E-state index contributed by atoms with van der Waals surface area (Å²) in [4.78, 5) is 2.23. The summed E-state index contributed by atoms with van der Waals surface area (Å²) in [6.07, 6.45) is 2.26. The molecule has 0 heterocycles. The summed E-state index contributed by atoms with van der Waals surface area (Å²) in [6.45, 7) is 9.03. The van der Waals surface area contributed by atoms with Crippen LogP contribution >= 0.6 is 11.6 Å². The molecule has 0 atom stereocenters. The molecule has 0 amide bonds. The van der Waals surface area contributed by atoms with Gasteiger partial charge in [0, 0.05) is 36.4 Å². The Hall–Kier alpha value is -0.770. The molecular formula is C16H27ClN2O. The Morgan fingerprint density at radius 1 is 1.30 bits per heavy atom. The maximum atomic E-state index is 9.29. The van der Waals surface area contributed by atoms with Crippen molar-refractivity contribution >= 4 is 17.3 Å². The van der Waals surface area contributed by atoms with Crippen LogP contribution in [0.5, 0.6) is 0 Å². The Labute approximate surface area is 127 Å². The topological polar surface area (TPSA) is 35.5 Å². The summed E-state index contributed by atoms with van der Waals surface area (Å²) in [6, 6.07) is 6.45. The normalized spacial score (nSPS) is 11.1. The van der Waals surface area contributed by atoms with Gasteiger partial charge in [-0.05, 0) is 24.1 Å². The predicted molar refractivity (Wildman–Crippen MR) is 87.6 cm³/mol. The summed E-state index contributed by atoms with van der Waals surface area (Å²) in [5.41, 5.74) is 2.36. The van der Waals surface area contributed by atoms with Crippen LogP contribution in [-0.2, 0) is 6.54 Å². The van der Waals surface area contributed by atoms with Crippen LogP contribution in [0.1, 0.15) is 39.2 Å². The van der Waals surface area contributed by atoms with Gasteiger partial charge in [-0.1, -0.05) is 44.9 Å². The van der Waals surface area contributed by atoms with Gasteiger partial charge >= 0.3 is 0 Å². The number of benzene rings is 1. The molecule has 20 heavy (non-hydrogen) atoms. The van der Waals surface area contributed by atoms with Gasteiger partial charge in [0.05, 0.1) is 6.61 Å². The number of rotatable bonds is 9. The van der Waals surface area contributed by atoms with Gasteiger partial charge < -0.3 is 15.3 Å². The number of anilines is 1. The van der Waals surface area contributed by atoms with E-state index in [2.05, 4.69) is 37.1 Å². The van der Waals surface area contributed by atoms with Crippen LogP contribution < -0.4 is 10.2 Å². The molecule has 114 valence electrons. The first-order valence-corrected chi connectivity index (χ1v) is 7.83. The van der Waals surface area contributed by atoms with Crippen LogP contribution in [-0.4, -0.2) is 30.8 Å². The lowest BCUT2D eigenvalue weighted by atomic mass is 10.1. The second kappa shape index (κ2) is 9.22. The fourth-order valence-corrected chi connectivity index (χ4v) is 2.28. The minimum atomic E-state index is 0.160. The second-order valence-corrected chi connectivity index (χ2v) is 5.81. The van der Waals surface area contributed by atoms with E-state index in [1.54, 1.807) is 0 Å². The summed E-state index contributed by atoms with van der Waals surface area (Å²) in [5, 5.41) is 13.5. The summed E-state index contributed by atoms with van der Waals surface area (Å²) in [7, 11) is 0. The van der Waals surface area contributed by atoms with E-state index in [0.29, 0.717) is 12.6 Å². The second-order valence-electron chi connectivity index (χ2n) is 5.37. The highest BCUT2D eigenvalue weighted by Gasteiger charge is 2.11. The third-order valence-electron chi connectivity index (χ3n) is 3.24. The third-order valence-corrected chi connectivity index (χ3v) is 3.48. The van der Waals surface area contributed by atoms with Crippen molar-refractivity contribution in [3.63, 3.8) is 0 Å². The van der Waals surface area contributed by atoms with Gasteiger partial charge in [-0.15, -0.1) is 0 Å². The highest BCUT2D eigenvalue weighted by molar-refractivity contribution is 6.30. The Morgan fingerprint density at radius 2 is 2.05 bits per heavy atom. The van der Waals surface area contributed by atoms with E-state index in [-0.39, 0.29) is 6.61 Å². The first-order valence-electron chi connectivity index (χ1n) is 7.46. The highest BCUT2D eigenvalue weighted by Crippen LogP contribution is 2.25. The van der Waals surface area contributed by atoms with Crippen molar-refractivity contribution < 1.29 is 5.11 Å². The van der Waals surface area contributed by atoms with E-state index in [1.165, 1.54) is 5.56 Å². The Balaban J connectivity index is 2.93. The van der Waals surface area contributed by atoms with Crippen molar-refractivity contribution in [2.45, 2.75) is 46.2 Å². The summed E-state index contributed by atoms with van der Waals surface area (Å²) >= 11 is 6.15. The molecule has 0 fully saturated rings. The largest absolute Gasteiger partial charge is 0.395 e. The monoisotopic (exact) mass is 298 g/mol. The molecule has 0 saturated heterocycles. The van der Waals surface area contributed by atoms with Crippen LogP contribution in [0.4, 0.5) is 5.69 Å². The zero-order valence-corrected chi connectivity index (χ0v) is 13.6. The maximum absolute atomic E-state index is 9.29. The first-order chi connectivity index (χ1) is 9.58. The van der Waals surface area contributed by atoms with E-state index in [0.717, 1.165) is 36.6 Å². The average Bonchev–Trinajstić information content (AvgIpc) is 2.42. The number of unbranched alkanes of at least 4 members (excludes halogenated alkanes) is 1. The van der Waals surface area contributed by atoms with Crippen LogP contribution in [0.2, 0.25) is 5.02 Å². The first kappa shape index (κ1) is 17.3. The zero-order valence-electron chi connectivity index (χ0n) is 12.8. The molecule has 0 radical (unpaired) electrons. The van der Waals surface area contributed by atoms with Crippen molar-refractivity contribution in [3.8, 4) is 0 Å². The molecule has 0 aliphatic heterocycles. The highest BCUT2D eigenvalue weighted by atomic mass is 35.5. The standard InChI is InChI=1S/C16H27ClN2O/c1-4-5-8-19(9-10-20)16-11-15(17)7-6-14(16)12-18-13(2)3/h6-7,11,13,18,20H,4-5,8-10,12H2,1-3H3. The molecule has 0 bridgehead atoms. The molecule has 1 aromatic rings. The van der Waals surface area contributed by atoms with Gasteiger partial charge in [0.25, 0.3) is 0 Å². The minimum absolute atomic E-state index is 0.160. The lowest BCUT2D eigenvalue weighted by molar-refractivity contribution is 0.301. The lowest BCUT2D eigenvalue weighted by Crippen LogP contribution is -2.30. The fourth-order valence-electron chi connectivity index (χ4n) is 2.12. The van der Waals surface area contributed by atoms with Gasteiger partial charge in [-0.2, -0.15) is 0 Å². The molecule has 0 saturated carbocycles. The summed E-state index contributed by atoms with van der Waals surface area (Å²) < 4.78 is 0. The van der Waals surface area contributed by atoms with Crippen molar-refractivity contribution in [2.24, 2.45) is 0 Å². The van der Waals surface area contributed by atoms with Crippen molar-refractivity contribution in [1.82, 2.24) is 5.32 Å². The predicted octanol–water partition coefficient (Wildman–Crippen LogP) is 3.44. The summed E-state index contributed by atoms with van der Waals surface area (Å²) in [5.74, 6) is 0. The van der Waals surface area contributed by atoms with Gasteiger partial charge in [0.15, 0.2) is 0 Å². The minimum Gasteiger partial charge on any atom is -0.395 e. The number of aliphatic hydroxyl groups excluding tert-OH is 1. The molecule has 0 aromatic heterocycles. The Bertz CT molecular complexity index is 396. The van der Waals surface area contributed by atoms with E-state index in [1.807, 2.05) is 12.1 Å². The molecule has 0 spiro atoms. The van der Waals surface area contributed by atoms with Crippen LogP contribution in [0.25, 0.3) is 0 Å². The number of halogens is 1. The van der Waals surface area contributed by atoms with Gasteiger partial charge in [0.1, 0.15) is 0 Å². The van der Waals surface area contributed by atoms with Gasteiger partial charge in [-0.25, -0.2) is 0 Å². The van der Waals surface area contributed by atoms with Gasteiger partial charge in [0.2, 0.25) is 0 Å². The van der Waals surface area contributed by atoms with E-state index in [4.69, 9.17) is 11.6 Å². The van der Waals surface area contributed by atoms with Crippen LogP contribution in [0.15, 0.2) is 18.2 Å². The molecule has 0 unspecified atom stereocenters. The Morgan fingerprint density at radius 3 is 2.65 bits per heavy atom. The third kappa shape index (κ3) is 5.70. The van der Waals surface area contributed by atoms with Crippen LogP contribution in [0.3, 0.4) is 0 Å². The van der Waals surface area contributed by atoms with Crippen molar-refractivity contribution in [1.29, 1.82) is 0 Å². The van der Waals surface area contributed by atoms with E-state index < -0.39 is 0 Å². The molecule has 1 aromatic carbocycles. The number of nitrogens with one attached hydrogen (secondary N) is 1. The Kier molecular flexibility index (Phi) is 7.97. The quantitative estimate of drug-likeness (QED) is 0.733. The number of nitrogens with zero attached hydrogens (tertiary/aromatic N) is 1.